The maximum Gasteiger partial charge on any atom is 0.263 e. The summed E-state index contributed by atoms with van der Waals surface area (Å²) in [6.45, 7) is 2.56. The quantitative estimate of drug-likeness (QED) is 0.743. The van der Waals surface area contributed by atoms with E-state index in [1.165, 1.54) is 30.5 Å². The number of fused-ring (bicyclic) bond motifs is 1. The smallest absolute Gasteiger partial charge is 0.263 e. The third-order valence-corrected chi connectivity index (χ3v) is 5.25. The summed E-state index contributed by atoms with van der Waals surface area (Å²) in [5, 5.41) is 0.435. The van der Waals surface area contributed by atoms with Crippen LogP contribution >= 0.6 is 0 Å². The molecule has 3 rings (SSSR count). The summed E-state index contributed by atoms with van der Waals surface area (Å²) in [5.74, 6) is -0.436. The number of anilines is 1. The molecule has 0 saturated carbocycles. The Hall–Kier alpha value is -2.51. The summed E-state index contributed by atoms with van der Waals surface area (Å²) >= 11 is 0. The second-order valence-corrected chi connectivity index (χ2v) is 8.19. The second kappa shape index (κ2) is 7.01. The highest BCUT2D eigenvalue weighted by molar-refractivity contribution is 7.92. The Kier molecular flexibility index (Phi) is 4.93. The number of nitrogens with one attached hydrogen (secondary N) is 1. The summed E-state index contributed by atoms with van der Waals surface area (Å²) < 4.78 is 41.6. The van der Waals surface area contributed by atoms with E-state index in [0.29, 0.717) is 23.1 Å². The highest BCUT2D eigenvalue weighted by Gasteiger charge is 2.18. The Bertz CT molecular complexity index is 1070. The van der Waals surface area contributed by atoms with E-state index in [4.69, 9.17) is 0 Å². The van der Waals surface area contributed by atoms with Gasteiger partial charge in [-0.15, -0.1) is 0 Å². The van der Waals surface area contributed by atoms with Gasteiger partial charge in [0.1, 0.15) is 10.7 Å². The molecule has 5 nitrogen and oxygen atoms in total. The molecule has 1 aromatic heterocycles. The molecule has 7 heteroatoms. The van der Waals surface area contributed by atoms with E-state index in [1.807, 2.05) is 38.1 Å². The molecular weight excluding hydrogens is 353 g/mol. The molecule has 0 radical (unpaired) electrons. The maximum atomic E-state index is 13.4. The lowest BCUT2D eigenvalue weighted by Gasteiger charge is -2.16. The standard InChI is InChI=1S/C19H20FN3O2S/c1-13-4-6-19(15(8-13)12-23(2)3)22-26(24,25)17-10-14-9-16(20)5-7-18(14)21-11-17/h4-11,22H,12H2,1-3H3. The third kappa shape index (κ3) is 4.00. The predicted molar refractivity (Wildman–Crippen MR) is 101 cm³/mol. The Morgan fingerprint density at radius 1 is 1.12 bits per heavy atom. The van der Waals surface area contributed by atoms with Crippen LogP contribution in [0.25, 0.3) is 10.9 Å². The van der Waals surface area contributed by atoms with E-state index in [-0.39, 0.29) is 4.90 Å². The molecule has 2 aromatic carbocycles. The van der Waals surface area contributed by atoms with Crippen LogP contribution in [0.5, 0.6) is 0 Å². The lowest BCUT2D eigenvalue weighted by molar-refractivity contribution is 0.403. The van der Waals surface area contributed by atoms with Gasteiger partial charge in [0, 0.05) is 18.1 Å². The van der Waals surface area contributed by atoms with Crippen molar-refractivity contribution >= 4 is 26.6 Å². The summed E-state index contributed by atoms with van der Waals surface area (Å²) in [6.07, 6.45) is 1.28. The molecule has 136 valence electrons. The molecule has 0 unspecified atom stereocenters. The maximum absolute atomic E-state index is 13.4. The Morgan fingerprint density at radius 2 is 1.88 bits per heavy atom. The fraction of sp³-hybridized carbons (Fsp3) is 0.211. The van der Waals surface area contributed by atoms with Crippen molar-refractivity contribution in [2.45, 2.75) is 18.4 Å². The first-order valence-corrected chi connectivity index (χ1v) is 9.55. The minimum atomic E-state index is -3.84. The molecular formula is C19H20FN3O2S. The molecule has 26 heavy (non-hydrogen) atoms. The lowest BCUT2D eigenvalue weighted by Crippen LogP contribution is -2.17. The van der Waals surface area contributed by atoms with E-state index in [2.05, 4.69) is 9.71 Å². The first-order chi connectivity index (χ1) is 12.2. The van der Waals surface area contributed by atoms with Crippen molar-refractivity contribution in [3.63, 3.8) is 0 Å². The molecule has 0 spiro atoms. The fourth-order valence-corrected chi connectivity index (χ4v) is 3.81. The summed E-state index contributed by atoms with van der Waals surface area (Å²) in [6, 6.07) is 11.1. The van der Waals surface area contributed by atoms with E-state index in [1.54, 1.807) is 6.07 Å². The van der Waals surface area contributed by atoms with Gasteiger partial charge in [-0.1, -0.05) is 17.7 Å². The van der Waals surface area contributed by atoms with Crippen molar-refractivity contribution in [3.8, 4) is 0 Å². The zero-order chi connectivity index (χ0) is 18.9. The van der Waals surface area contributed by atoms with Crippen LogP contribution in [0.3, 0.4) is 0 Å². The molecule has 1 N–H and O–H groups in total. The largest absolute Gasteiger partial charge is 0.305 e. The molecule has 0 amide bonds. The van der Waals surface area contributed by atoms with Crippen LogP contribution in [0.15, 0.2) is 53.6 Å². The second-order valence-electron chi connectivity index (χ2n) is 6.51. The monoisotopic (exact) mass is 373 g/mol. The fourth-order valence-electron chi connectivity index (χ4n) is 2.73. The normalized spacial score (nSPS) is 11.9. The van der Waals surface area contributed by atoms with Crippen molar-refractivity contribution in [1.29, 1.82) is 0 Å². The van der Waals surface area contributed by atoms with Crippen LogP contribution in [-0.2, 0) is 16.6 Å². The topological polar surface area (TPSA) is 62.3 Å². The third-order valence-electron chi connectivity index (χ3n) is 3.92. The highest BCUT2D eigenvalue weighted by Crippen LogP contribution is 2.24. The van der Waals surface area contributed by atoms with Crippen molar-refractivity contribution in [2.75, 3.05) is 18.8 Å². The first kappa shape index (κ1) is 18.3. The lowest BCUT2D eigenvalue weighted by atomic mass is 10.1. The van der Waals surface area contributed by atoms with Gasteiger partial charge in [-0.3, -0.25) is 9.71 Å². The summed E-state index contributed by atoms with van der Waals surface area (Å²) in [7, 11) is -0.00413. The van der Waals surface area contributed by atoms with E-state index in [9.17, 15) is 12.8 Å². The van der Waals surface area contributed by atoms with Gasteiger partial charge in [-0.25, -0.2) is 12.8 Å². The highest BCUT2D eigenvalue weighted by atomic mass is 32.2. The number of pyridine rings is 1. The molecule has 3 aromatic rings. The number of sulfonamides is 1. The number of aryl methyl sites for hydroxylation is 1. The van der Waals surface area contributed by atoms with E-state index in [0.717, 1.165) is 11.1 Å². The first-order valence-electron chi connectivity index (χ1n) is 8.07. The predicted octanol–water partition coefficient (Wildman–Crippen LogP) is 3.54. The number of halogens is 1. The van der Waals surface area contributed by atoms with Gasteiger partial charge in [0.25, 0.3) is 10.0 Å². The van der Waals surface area contributed by atoms with Gasteiger partial charge in [-0.2, -0.15) is 0 Å². The average Bonchev–Trinajstić information content (AvgIpc) is 2.56. The Morgan fingerprint density at radius 3 is 2.62 bits per heavy atom. The van der Waals surface area contributed by atoms with Crippen LogP contribution in [0.2, 0.25) is 0 Å². The molecule has 0 aliphatic rings. The van der Waals surface area contributed by atoms with Crippen LogP contribution in [-0.4, -0.2) is 32.4 Å². The van der Waals surface area contributed by atoms with Gasteiger partial charge in [-0.05, 0) is 56.9 Å². The van der Waals surface area contributed by atoms with Crippen molar-refractivity contribution in [3.05, 3.63) is 65.6 Å². The van der Waals surface area contributed by atoms with Crippen LogP contribution in [0, 0.1) is 12.7 Å². The number of nitrogens with zero attached hydrogens (tertiary/aromatic N) is 2. The van der Waals surface area contributed by atoms with Gasteiger partial charge in [0.05, 0.1) is 11.2 Å². The van der Waals surface area contributed by atoms with Crippen LogP contribution in [0.1, 0.15) is 11.1 Å². The number of hydrogen-bond donors (Lipinski definition) is 1. The van der Waals surface area contributed by atoms with Gasteiger partial charge < -0.3 is 4.90 Å². The molecule has 0 saturated heterocycles. The molecule has 0 fully saturated rings. The molecule has 0 aliphatic carbocycles. The molecule has 0 atom stereocenters. The SMILES string of the molecule is Cc1ccc(NS(=O)(=O)c2cnc3ccc(F)cc3c2)c(CN(C)C)c1. The van der Waals surface area contributed by atoms with Crippen molar-refractivity contribution in [2.24, 2.45) is 0 Å². The van der Waals surface area contributed by atoms with Gasteiger partial charge in [0.15, 0.2) is 0 Å². The van der Waals surface area contributed by atoms with Crippen LogP contribution in [0.4, 0.5) is 10.1 Å². The molecule has 0 bridgehead atoms. The Balaban J connectivity index is 1.99. The van der Waals surface area contributed by atoms with Crippen molar-refractivity contribution < 1.29 is 12.8 Å². The number of aromatic nitrogens is 1. The molecule has 1 heterocycles. The minimum absolute atomic E-state index is 0.00743. The van der Waals surface area contributed by atoms with E-state index >= 15 is 0 Å². The number of hydrogen-bond acceptors (Lipinski definition) is 4. The Labute approximate surface area is 152 Å². The van der Waals surface area contributed by atoms with Gasteiger partial charge in [0.2, 0.25) is 0 Å². The molecule has 0 aliphatic heterocycles. The van der Waals surface area contributed by atoms with E-state index < -0.39 is 15.8 Å². The summed E-state index contributed by atoms with van der Waals surface area (Å²) in [4.78, 5) is 6.08. The van der Waals surface area contributed by atoms with Crippen molar-refractivity contribution in [1.82, 2.24) is 9.88 Å². The average molecular weight is 373 g/mol. The zero-order valence-electron chi connectivity index (χ0n) is 14.8. The zero-order valence-corrected chi connectivity index (χ0v) is 15.6. The van der Waals surface area contributed by atoms with Crippen LogP contribution < -0.4 is 4.72 Å². The van der Waals surface area contributed by atoms with Gasteiger partial charge >= 0.3 is 0 Å². The number of rotatable bonds is 5. The summed E-state index contributed by atoms with van der Waals surface area (Å²) in [5.41, 5.74) is 2.98. The minimum Gasteiger partial charge on any atom is -0.305 e. The number of benzene rings is 2.